The number of hydrogen-bond donors (Lipinski definition) is 2. The first kappa shape index (κ1) is 20.1. The fourth-order valence-corrected chi connectivity index (χ4v) is 2.71. The van der Waals surface area contributed by atoms with Crippen molar-refractivity contribution in [3.05, 3.63) is 45.4 Å². The van der Waals surface area contributed by atoms with Crippen LogP contribution >= 0.6 is 23.7 Å². The van der Waals surface area contributed by atoms with E-state index in [2.05, 4.69) is 10.3 Å². The zero-order valence-corrected chi connectivity index (χ0v) is 15.5. The number of rotatable bonds is 5. The second-order valence-corrected chi connectivity index (χ2v) is 6.23. The van der Waals surface area contributed by atoms with E-state index in [1.54, 1.807) is 12.4 Å². The molecule has 0 saturated carbocycles. The monoisotopic (exact) mass is 368 g/mol. The summed E-state index contributed by atoms with van der Waals surface area (Å²) in [5, 5.41) is 5.19. The Morgan fingerprint density at radius 3 is 2.67 bits per heavy atom. The van der Waals surface area contributed by atoms with E-state index in [4.69, 9.17) is 5.73 Å². The van der Waals surface area contributed by atoms with Crippen LogP contribution in [-0.2, 0) is 11.3 Å². The van der Waals surface area contributed by atoms with Gasteiger partial charge < -0.3 is 16.0 Å². The van der Waals surface area contributed by atoms with Gasteiger partial charge in [-0.2, -0.15) is 0 Å². The van der Waals surface area contributed by atoms with Crippen molar-refractivity contribution in [2.24, 2.45) is 5.73 Å². The van der Waals surface area contributed by atoms with Crippen molar-refractivity contribution in [2.75, 3.05) is 18.9 Å². The van der Waals surface area contributed by atoms with E-state index >= 15 is 0 Å². The van der Waals surface area contributed by atoms with Gasteiger partial charge in [0, 0.05) is 24.7 Å². The van der Waals surface area contributed by atoms with Crippen LogP contribution in [0.2, 0.25) is 0 Å². The molecule has 0 unspecified atom stereocenters. The first-order chi connectivity index (χ1) is 10.9. The fraction of sp³-hybridized carbons (Fsp3) is 0.312. The number of likely N-dealkylation sites (N-methyl/N-ethyl adjacent to an activating group) is 1. The van der Waals surface area contributed by atoms with Gasteiger partial charge in [-0.1, -0.05) is 12.1 Å². The molecule has 2 rings (SSSR count). The third-order valence-electron chi connectivity index (χ3n) is 3.55. The van der Waals surface area contributed by atoms with E-state index in [1.165, 1.54) is 16.2 Å². The van der Waals surface area contributed by atoms with Crippen LogP contribution < -0.4 is 11.1 Å². The second kappa shape index (κ2) is 8.77. The van der Waals surface area contributed by atoms with Crippen molar-refractivity contribution >= 4 is 41.2 Å². The first-order valence-electron chi connectivity index (χ1n) is 7.18. The topological polar surface area (TPSA) is 88.3 Å². The highest BCUT2D eigenvalue weighted by Crippen LogP contribution is 2.18. The maximum atomic E-state index is 12.2. The van der Waals surface area contributed by atoms with Crippen LogP contribution in [0.4, 0.5) is 5.69 Å². The third-order valence-corrected chi connectivity index (χ3v) is 4.42. The summed E-state index contributed by atoms with van der Waals surface area (Å²) in [5.41, 5.74) is 8.68. The van der Waals surface area contributed by atoms with Gasteiger partial charge in [-0.3, -0.25) is 9.59 Å². The summed E-state index contributed by atoms with van der Waals surface area (Å²) >= 11 is 1.34. The number of aromatic nitrogens is 1. The lowest BCUT2D eigenvalue weighted by atomic mass is 10.1. The molecule has 130 valence electrons. The number of nitrogens with one attached hydrogen (secondary N) is 1. The van der Waals surface area contributed by atoms with E-state index in [9.17, 15) is 9.59 Å². The van der Waals surface area contributed by atoms with Crippen LogP contribution in [-0.4, -0.2) is 35.3 Å². The predicted octanol–water partition coefficient (Wildman–Crippen LogP) is 2.35. The van der Waals surface area contributed by atoms with Crippen molar-refractivity contribution in [1.29, 1.82) is 0 Å². The summed E-state index contributed by atoms with van der Waals surface area (Å²) in [5.74, 6) is -0.541. The zero-order chi connectivity index (χ0) is 17.0. The molecule has 1 aromatic carbocycles. The predicted molar refractivity (Wildman–Crippen MR) is 98.8 cm³/mol. The Morgan fingerprint density at radius 1 is 1.33 bits per heavy atom. The van der Waals surface area contributed by atoms with Crippen molar-refractivity contribution in [2.45, 2.75) is 20.4 Å². The first-order valence-corrected chi connectivity index (χ1v) is 8.06. The number of nitrogens with two attached hydrogens (primary N) is 1. The van der Waals surface area contributed by atoms with Crippen LogP contribution in [0.1, 0.15) is 26.6 Å². The van der Waals surface area contributed by atoms with Gasteiger partial charge in [0.2, 0.25) is 5.91 Å². The Morgan fingerprint density at radius 2 is 2.04 bits per heavy atom. The molecule has 1 aromatic heterocycles. The third kappa shape index (κ3) is 4.77. The molecule has 24 heavy (non-hydrogen) atoms. The molecule has 2 aromatic rings. The lowest BCUT2D eigenvalue weighted by molar-refractivity contribution is -0.116. The lowest BCUT2D eigenvalue weighted by Crippen LogP contribution is -2.35. The molecule has 0 radical (unpaired) electrons. The molecule has 1 heterocycles. The maximum Gasteiger partial charge on any atom is 0.273 e. The maximum absolute atomic E-state index is 12.2. The summed E-state index contributed by atoms with van der Waals surface area (Å²) in [6, 6.07) is 5.71. The van der Waals surface area contributed by atoms with E-state index in [1.807, 2.05) is 32.0 Å². The highest BCUT2D eigenvalue weighted by molar-refractivity contribution is 7.09. The van der Waals surface area contributed by atoms with Gasteiger partial charge in [-0.05, 0) is 31.0 Å². The molecule has 2 amide bonds. The average Bonchev–Trinajstić information content (AvgIpc) is 3.00. The number of benzene rings is 1. The van der Waals surface area contributed by atoms with Crippen LogP contribution in [0.15, 0.2) is 23.6 Å². The number of thiazole rings is 1. The van der Waals surface area contributed by atoms with Crippen molar-refractivity contribution in [1.82, 2.24) is 9.88 Å². The van der Waals surface area contributed by atoms with Gasteiger partial charge in [0.05, 0.1) is 6.54 Å². The molecule has 0 atom stereocenters. The van der Waals surface area contributed by atoms with Crippen LogP contribution in [0, 0.1) is 13.8 Å². The number of anilines is 1. The number of carbonyl (C=O) groups excluding carboxylic acids is 2. The standard InChI is InChI=1S/C16H20N4O2S.ClH/c1-10-5-4-6-12(11(10)2)18-14(21)8-20(3)16(22)13-9-23-15(7-17)19-13;/h4-6,9H,7-8,17H2,1-3H3,(H,18,21);1H. The minimum Gasteiger partial charge on any atom is -0.331 e. The summed E-state index contributed by atoms with van der Waals surface area (Å²) in [6.07, 6.45) is 0. The molecule has 6 nitrogen and oxygen atoms in total. The minimum absolute atomic E-state index is 0. The minimum atomic E-state index is -0.294. The van der Waals surface area contributed by atoms with Gasteiger partial charge in [-0.25, -0.2) is 4.98 Å². The summed E-state index contributed by atoms with van der Waals surface area (Å²) in [6.45, 7) is 4.19. The molecule has 0 fully saturated rings. The number of nitrogens with zero attached hydrogens (tertiary/aromatic N) is 2. The van der Waals surface area contributed by atoms with Gasteiger partial charge in [-0.15, -0.1) is 23.7 Å². The molecule has 3 N–H and O–H groups in total. The highest BCUT2D eigenvalue weighted by atomic mass is 35.5. The summed E-state index contributed by atoms with van der Waals surface area (Å²) in [7, 11) is 1.58. The Balaban J connectivity index is 0.00000288. The van der Waals surface area contributed by atoms with Crippen LogP contribution in [0.3, 0.4) is 0 Å². The SMILES string of the molecule is Cc1cccc(NC(=O)CN(C)C(=O)c2csc(CN)n2)c1C.Cl. The van der Waals surface area contributed by atoms with Gasteiger partial charge >= 0.3 is 0 Å². The van der Waals surface area contributed by atoms with Gasteiger partial charge in [0.25, 0.3) is 5.91 Å². The van der Waals surface area contributed by atoms with E-state index in [-0.39, 0.29) is 30.8 Å². The molecule has 0 spiro atoms. The number of halogens is 1. The smallest absolute Gasteiger partial charge is 0.273 e. The Labute approximate surface area is 151 Å². The van der Waals surface area contributed by atoms with E-state index < -0.39 is 0 Å². The molecule has 0 aliphatic rings. The molecule has 0 aliphatic heterocycles. The molecule has 0 aliphatic carbocycles. The Bertz CT molecular complexity index is 733. The quantitative estimate of drug-likeness (QED) is 0.847. The summed E-state index contributed by atoms with van der Waals surface area (Å²) in [4.78, 5) is 29.9. The zero-order valence-electron chi connectivity index (χ0n) is 13.8. The van der Waals surface area contributed by atoms with E-state index in [0.717, 1.165) is 16.8 Å². The largest absolute Gasteiger partial charge is 0.331 e. The Hall–Kier alpha value is -1.96. The molecular weight excluding hydrogens is 348 g/mol. The number of aryl methyl sites for hydroxylation is 1. The normalized spacial score (nSPS) is 10.0. The Kier molecular flexibility index (Phi) is 7.34. The fourth-order valence-electron chi connectivity index (χ4n) is 2.06. The number of hydrogen-bond acceptors (Lipinski definition) is 5. The molecule has 0 saturated heterocycles. The lowest BCUT2D eigenvalue weighted by Gasteiger charge is -2.16. The number of carbonyl (C=O) groups is 2. The molecule has 8 heteroatoms. The van der Waals surface area contributed by atoms with Crippen molar-refractivity contribution < 1.29 is 9.59 Å². The van der Waals surface area contributed by atoms with Crippen LogP contribution in [0.25, 0.3) is 0 Å². The van der Waals surface area contributed by atoms with Crippen LogP contribution in [0.5, 0.6) is 0 Å². The van der Waals surface area contributed by atoms with Crippen molar-refractivity contribution in [3.63, 3.8) is 0 Å². The van der Waals surface area contributed by atoms with Gasteiger partial charge in [0.1, 0.15) is 10.7 Å². The van der Waals surface area contributed by atoms with E-state index in [0.29, 0.717) is 17.2 Å². The second-order valence-electron chi connectivity index (χ2n) is 5.29. The van der Waals surface area contributed by atoms with Gasteiger partial charge in [0.15, 0.2) is 0 Å². The summed E-state index contributed by atoms with van der Waals surface area (Å²) < 4.78 is 0. The molecule has 0 bridgehead atoms. The highest BCUT2D eigenvalue weighted by Gasteiger charge is 2.18. The average molecular weight is 369 g/mol. The molecular formula is C16H21ClN4O2S. The van der Waals surface area contributed by atoms with Crippen molar-refractivity contribution in [3.8, 4) is 0 Å². The number of amides is 2.